The standard InChI is InChI=1S/C6H12O8P2/c7-5(15(9,10)11)3-1-2-4-6(8)16(12,13)14/h1-4H2,(H2,9,10,11)(H2,12,13,14)/p-4. The van der Waals surface area contributed by atoms with Crippen LogP contribution in [0.4, 0.5) is 0 Å². The first-order valence-corrected chi connectivity index (χ1v) is 7.24. The Morgan fingerprint density at radius 3 is 1.19 bits per heavy atom. The Morgan fingerprint density at radius 2 is 1.00 bits per heavy atom. The topological polar surface area (TPSA) is 161 Å². The van der Waals surface area contributed by atoms with Crippen molar-refractivity contribution in [1.29, 1.82) is 0 Å². The van der Waals surface area contributed by atoms with Gasteiger partial charge in [-0.15, -0.1) is 0 Å². The molecule has 16 heavy (non-hydrogen) atoms. The van der Waals surface area contributed by atoms with E-state index in [4.69, 9.17) is 0 Å². The third-order valence-corrected chi connectivity index (χ3v) is 3.31. The van der Waals surface area contributed by atoms with Crippen molar-refractivity contribution < 1.29 is 38.3 Å². The summed E-state index contributed by atoms with van der Waals surface area (Å²) in [6.07, 6.45) is -1.45. The third-order valence-electron chi connectivity index (χ3n) is 1.64. The minimum Gasteiger partial charge on any atom is -0.805 e. The van der Waals surface area contributed by atoms with E-state index in [-0.39, 0.29) is 12.8 Å². The summed E-state index contributed by atoms with van der Waals surface area (Å²) in [5.41, 5.74) is -2.99. The minimum absolute atomic E-state index is 0.140. The van der Waals surface area contributed by atoms with Gasteiger partial charge in [-0.25, -0.2) is 0 Å². The van der Waals surface area contributed by atoms with Crippen LogP contribution in [-0.2, 0) is 18.7 Å². The first-order valence-electron chi connectivity index (χ1n) is 4.16. The van der Waals surface area contributed by atoms with Crippen LogP contribution in [0, 0.1) is 0 Å². The summed E-state index contributed by atoms with van der Waals surface area (Å²) >= 11 is 0. The second-order valence-electron chi connectivity index (χ2n) is 2.99. The molecule has 0 fully saturated rings. The molecule has 0 aromatic rings. The van der Waals surface area contributed by atoms with Crippen LogP contribution in [-0.4, -0.2) is 11.0 Å². The van der Waals surface area contributed by atoms with Crippen LogP contribution in [0.25, 0.3) is 0 Å². The van der Waals surface area contributed by atoms with Gasteiger partial charge in [-0.05, 0) is 12.8 Å². The SMILES string of the molecule is O=C(CCCCC(=O)P(=O)([O-])[O-])P(=O)([O-])[O-]. The van der Waals surface area contributed by atoms with E-state index in [0.717, 1.165) is 0 Å². The van der Waals surface area contributed by atoms with Gasteiger partial charge in [0, 0.05) is 28.0 Å². The van der Waals surface area contributed by atoms with E-state index in [2.05, 4.69) is 0 Å². The maximum atomic E-state index is 10.6. The van der Waals surface area contributed by atoms with E-state index >= 15 is 0 Å². The third kappa shape index (κ3) is 6.27. The lowest BCUT2D eigenvalue weighted by molar-refractivity contribution is -0.312. The van der Waals surface area contributed by atoms with Crippen LogP contribution < -0.4 is 19.6 Å². The van der Waals surface area contributed by atoms with Crippen molar-refractivity contribution in [3.63, 3.8) is 0 Å². The molecular formula is C6H8O8P2-4. The van der Waals surface area contributed by atoms with Crippen molar-refractivity contribution in [3.8, 4) is 0 Å². The van der Waals surface area contributed by atoms with Gasteiger partial charge in [-0.2, -0.15) is 0 Å². The number of hydrogen-bond acceptors (Lipinski definition) is 8. The van der Waals surface area contributed by atoms with Gasteiger partial charge in [0.05, 0.1) is 0 Å². The van der Waals surface area contributed by atoms with Crippen LogP contribution in [0.2, 0.25) is 0 Å². The minimum atomic E-state index is -5.26. The van der Waals surface area contributed by atoms with Gasteiger partial charge in [0.15, 0.2) is 11.0 Å². The maximum Gasteiger partial charge on any atom is 0.162 e. The summed E-state index contributed by atoms with van der Waals surface area (Å²) in [7, 11) is -10.5. The van der Waals surface area contributed by atoms with Gasteiger partial charge in [0.25, 0.3) is 0 Å². The van der Waals surface area contributed by atoms with Gasteiger partial charge in [0.2, 0.25) is 0 Å². The fourth-order valence-electron chi connectivity index (χ4n) is 0.826. The molecule has 94 valence electrons. The highest BCUT2D eigenvalue weighted by Gasteiger charge is 2.09. The van der Waals surface area contributed by atoms with Gasteiger partial charge >= 0.3 is 0 Å². The quantitative estimate of drug-likeness (QED) is 0.360. The van der Waals surface area contributed by atoms with Crippen LogP contribution >= 0.6 is 15.2 Å². The van der Waals surface area contributed by atoms with E-state index in [0.29, 0.717) is 0 Å². The van der Waals surface area contributed by atoms with Gasteiger partial charge in [-0.3, -0.25) is 9.59 Å². The molecule has 0 atom stereocenters. The molecule has 0 spiro atoms. The van der Waals surface area contributed by atoms with Crippen molar-refractivity contribution in [2.75, 3.05) is 0 Å². The van der Waals surface area contributed by atoms with Crippen LogP contribution in [0.5, 0.6) is 0 Å². The average molecular weight is 270 g/mol. The van der Waals surface area contributed by atoms with Crippen LogP contribution in [0.3, 0.4) is 0 Å². The molecular weight excluding hydrogens is 262 g/mol. The molecule has 0 bridgehead atoms. The zero-order valence-corrected chi connectivity index (χ0v) is 9.78. The summed E-state index contributed by atoms with van der Waals surface area (Å²) in [5.74, 6) is 0. The second-order valence-corrected chi connectivity index (χ2v) is 5.98. The fraction of sp³-hybridized carbons (Fsp3) is 0.667. The Hall–Kier alpha value is -0.360. The van der Waals surface area contributed by atoms with Crippen molar-refractivity contribution >= 4 is 26.2 Å². The van der Waals surface area contributed by atoms with Gasteiger partial charge in [0.1, 0.15) is 0 Å². The Bertz CT molecular complexity index is 327. The van der Waals surface area contributed by atoms with E-state index in [1.165, 1.54) is 0 Å². The van der Waals surface area contributed by atoms with Crippen molar-refractivity contribution in [2.45, 2.75) is 25.7 Å². The molecule has 0 aromatic carbocycles. The molecule has 0 N–H and O–H groups in total. The molecule has 0 saturated carbocycles. The molecule has 0 radical (unpaired) electrons. The van der Waals surface area contributed by atoms with E-state index < -0.39 is 39.1 Å². The fourth-order valence-corrected chi connectivity index (χ4v) is 1.69. The molecule has 10 heteroatoms. The monoisotopic (exact) mass is 270 g/mol. The zero-order valence-electron chi connectivity index (χ0n) is 7.99. The summed E-state index contributed by atoms with van der Waals surface area (Å²) in [5, 5.41) is 0. The smallest absolute Gasteiger partial charge is 0.162 e. The Balaban J connectivity index is 3.88. The number of rotatable bonds is 7. The Labute approximate surface area is 91.0 Å². The Morgan fingerprint density at radius 1 is 0.750 bits per heavy atom. The molecule has 0 saturated heterocycles. The van der Waals surface area contributed by atoms with E-state index in [9.17, 15) is 38.3 Å². The average Bonchev–Trinajstić information content (AvgIpc) is 2.08. The van der Waals surface area contributed by atoms with Crippen molar-refractivity contribution in [2.24, 2.45) is 0 Å². The molecule has 0 aromatic heterocycles. The summed E-state index contributed by atoms with van der Waals surface area (Å²) in [6, 6.07) is 0. The number of carbonyl (C=O) groups excluding carboxylic acids is 2. The zero-order chi connectivity index (χ0) is 13.0. The molecule has 0 aliphatic carbocycles. The second kappa shape index (κ2) is 5.82. The maximum absolute atomic E-state index is 10.6. The van der Waals surface area contributed by atoms with Gasteiger partial charge < -0.3 is 28.7 Å². The predicted octanol–water partition coefficient (Wildman–Crippen LogP) is -2.57. The molecule has 0 rings (SSSR count). The normalized spacial score (nSPS) is 12.5. The first kappa shape index (κ1) is 15.6. The highest BCUT2D eigenvalue weighted by Crippen LogP contribution is 2.29. The van der Waals surface area contributed by atoms with E-state index in [1.54, 1.807) is 0 Å². The lowest BCUT2D eigenvalue weighted by Crippen LogP contribution is -2.22. The number of hydrogen-bond donors (Lipinski definition) is 0. The van der Waals surface area contributed by atoms with Crippen LogP contribution in [0.1, 0.15) is 25.7 Å². The summed E-state index contributed by atoms with van der Waals surface area (Å²) in [6.45, 7) is 0. The summed E-state index contributed by atoms with van der Waals surface area (Å²) < 4.78 is 20.3. The molecule has 8 nitrogen and oxygen atoms in total. The lowest BCUT2D eigenvalue weighted by atomic mass is 10.2. The van der Waals surface area contributed by atoms with Gasteiger partial charge in [-0.1, -0.05) is 0 Å². The predicted molar refractivity (Wildman–Crippen MR) is 43.7 cm³/mol. The summed E-state index contributed by atoms with van der Waals surface area (Å²) in [4.78, 5) is 61.6. The first-order chi connectivity index (χ1) is 7.05. The highest BCUT2D eigenvalue weighted by molar-refractivity contribution is 7.67. The van der Waals surface area contributed by atoms with Crippen molar-refractivity contribution in [1.82, 2.24) is 0 Å². The molecule has 0 aliphatic rings. The molecule has 0 heterocycles. The largest absolute Gasteiger partial charge is 0.805 e. The number of carbonyl (C=O) groups is 2. The van der Waals surface area contributed by atoms with Crippen LogP contribution in [0.15, 0.2) is 0 Å². The lowest BCUT2D eigenvalue weighted by Gasteiger charge is -2.28. The molecule has 0 unspecified atom stereocenters. The number of unbranched alkanes of at least 4 members (excludes halogenated alkanes) is 1. The highest BCUT2D eigenvalue weighted by atomic mass is 31.2. The molecule has 0 amide bonds. The Kier molecular flexibility index (Phi) is 5.69. The van der Waals surface area contributed by atoms with Crippen molar-refractivity contribution in [3.05, 3.63) is 0 Å². The molecule has 0 aliphatic heterocycles. The van der Waals surface area contributed by atoms with E-state index in [1.807, 2.05) is 0 Å².